The summed E-state index contributed by atoms with van der Waals surface area (Å²) in [5.41, 5.74) is 0.895. The van der Waals surface area contributed by atoms with Crippen LogP contribution in [0.15, 0.2) is 60.7 Å². The smallest absolute Gasteiger partial charge is 0.338 e. The first-order chi connectivity index (χ1) is 19.9. The van der Waals surface area contributed by atoms with Gasteiger partial charge in [-0.25, -0.2) is 4.79 Å². The monoisotopic (exact) mass is 615 g/mol. The van der Waals surface area contributed by atoms with E-state index in [4.69, 9.17) is 27.9 Å². The molecule has 0 unspecified atom stereocenters. The van der Waals surface area contributed by atoms with Crippen LogP contribution in [0.25, 0.3) is 10.8 Å². The maximum atomic E-state index is 13.3. The molecule has 3 N–H and O–H groups in total. The van der Waals surface area contributed by atoms with Crippen molar-refractivity contribution in [2.24, 2.45) is 23.7 Å². The second-order valence-electron chi connectivity index (χ2n) is 10.1. The molecule has 1 saturated carbocycles. The van der Waals surface area contributed by atoms with E-state index in [0.29, 0.717) is 10.6 Å². The predicted molar refractivity (Wildman–Crippen MR) is 152 cm³/mol. The lowest BCUT2D eigenvalue weighted by Crippen LogP contribution is -2.63. The average Bonchev–Trinajstić information content (AvgIpc) is 2.93. The summed E-state index contributed by atoms with van der Waals surface area (Å²) in [6, 6.07) is 16.4. The van der Waals surface area contributed by atoms with Gasteiger partial charge in [-0.2, -0.15) is 0 Å². The van der Waals surface area contributed by atoms with Crippen LogP contribution in [0.3, 0.4) is 0 Å². The molecule has 12 heteroatoms. The Morgan fingerprint density at radius 2 is 1.48 bits per heavy atom. The zero-order chi connectivity index (χ0) is 30.7. The number of carbonyl (C=O) groups is 5. The molecule has 1 aliphatic rings. The van der Waals surface area contributed by atoms with E-state index >= 15 is 0 Å². The topological polar surface area (TPSA) is 156 Å². The lowest BCUT2D eigenvalue weighted by Gasteiger charge is -2.45. The van der Waals surface area contributed by atoms with Crippen LogP contribution >= 0.6 is 23.2 Å². The fourth-order valence-corrected chi connectivity index (χ4v) is 5.59. The second kappa shape index (κ2) is 12.8. The number of ether oxygens (including phenoxy) is 2. The first-order valence-electron chi connectivity index (χ1n) is 12.9. The highest BCUT2D eigenvalue weighted by atomic mass is 35.5. The standard InChI is InChI=1S/C30H27Cl2NO9/c1-14(33-26(34)22-23(27(35)36)25(30(40)41-2)24(22)28(37)38)21(12-15-7-10-19(31)20(32)11-15)42-29(39)18-9-8-16-5-3-4-6-17(16)13-18/h3-11,13-14,21-25H,12H2,1-2H3,(H,33,34)(H,35,36)(H,37,38)/t14-,21+,22-,23+,24+,25-/m0/s1. The van der Waals surface area contributed by atoms with Crippen molar-refractivity contribution in [3.05, 3.63) is 81.8 Å². The quantitative estimate of drug-likeness (QED) is 0.284. The molecule has 10 nitrogen and oxygen atoms in total. The Kier molecular flexibility index (Phi) is 9.38. The number of aliphatic carboxylic acids is 2. The number of methoxy groups -OCH3 is 1. The normalized spacial score (nSPS) is 21.0. The molecule has 4 atom stereocenters. The SMILES string of the molecule is COC(=O)[C@H]1[C@H](C(=O)O)[C@H](C(=O)N[C@@H](C)[C@@H](Cc2ccc(Cl)c(Cl)c2)OC(=O)c2ccc3ccccc3c2)[C@H]1C(=O)O. The van der Waals surface area contributed by atoms with Gasteiger partial charge < -0.3 is 25.0 Å². The third kappa shape index (κ3) is 6.34. The van der Waals surface area contributed by atoms with Gasteiger partial charge in [0, 0.05) is 6.42 Å². The Hall–Kier alpha value is -4.15. The fourth-order valence-electron chi connectivity index (χ4n) is 5.27. The van der Waals surface area contributed by atoms with Gasteiger partial charge in [0.05, 0.1) is 52.4 Å². The molecule has 0 heterocycles. The van der Waals surface area contributed by atoms with E-state index in [2.05, 4.69) is 10.1 Å². The molecule has 0 saturated heterocycles. The molecule has 1 fully saturated rings. The summed E-state index contributed by atoms with van der Waals surface area (Å²) >= 11 is 12.2. The Morgan fingerprint density at radius 1 is 0.833 bits per heavy atom. The van der Waals surface area contributed by atoms with Gasteiger partial charge in [0.15, 0.2) is 0 Å². The highest BCUT2D eigenvalue weighted by Crippen LogP contribution is 2.47. The lowest BCUT2D eigenvalue weighted by molar-refractivity contribution is -0.188. The Bertz CT molecular complexity index is 1540. The van der Waals surface area contributed by atoms with E-state index in [9.17, 15) is 34.2 Å². The third-order valence-electron chi connectivity index (χ3n) is 7.49. The number of amides is 1. The van der Waals surface area contributed by atoms with Gasteiger partial charge in [0.1, 0.15) is 6.10 Å². The highest BCUT2D eigenvalue weighted by molar-refractivity contribution is 6.42. The van der Waals surface area contributed by atoms with Crippen molar-refractivity contribution in [2.45, 2.75) is 25.5 Å². The average molecular weight is 616 g/mol. The number of halogens is 2. The van der Waals surface area contributed by atoms with E-state index in [1.807, 2.05) is 24.3 Å². The number of esters is 2. The zero-order valence-electron chi connectivity index (χ0n) is 22.5. The molecule has 1 aliphatic carbocycles. The molecule has 3 aromatic rings. The molecule has 3 aromatic carbocycles. The van der Waals surface area contributed by atoms with Crippen molar-refractivity contribution in [3.63, 3.8) is 0 Å². The largest absolute Gasteiger partial charge is 0.481 e. The summed E-state index contributed by atoms with van der Waals surface area (Å²) in [5.74, 6) is -12.0. The van der Waals surface area contributed by atoms with Crippen LogP contribution in [0.5, 0.6) is 0 Å². The molecule has 1 amide bonds. The first kappa shape index (κ1) is 30.8. The van der Waals surface area contributed by atoms with Gasteiger partial charge in [0.25, 0.3) is 0 Å². The molecule has 0 aromatic heterocycles. The van der Waals surface area contributed by atoms with Crippen molar-refractivity contribution in [2.75, 3.05) is 7.11 Å². The van der Waals surface area contributed by atoms with Crippen LogP contribution in [0.1, 0.15) is 22.8 Å². The summed E-state index contributed by atoms with van der Waals surface area (Å²) in [6.07, 6.45) is -0.911. The van der Waals surface area contributed by atoms with E-state index in [0.717, 1.165) is 17.9 Å². The number of nitrogens with one attached hydrogen (secondary N) is 1. The number of carboxylic acid groups (broad SMARTS) is 2. The summed E-state index contributed by atoms with van der Waals surface area (Å²) in [7, 11) is 1.01. The molecule has 0 spiro atoms. The molecule has 4 rings (SSSR count). The fraction of sp³-hybridized carbons (Fsp3) is 0.300. The van der Waals surface area contributed by atoms with Crippen LogP contribution in [0.4, 0.5) is 0 Å². The van der Waals surface area contributed by atoms with Crippen molar-refractivity contribution >= 4 is 63.8 Å². The van der Waals surface area contributed by atoms with Crippen molar-refractivity contribution in [1.82, 2.24) is 5.32 Å². The molecular weight excluding hydrogens is 589 g/mol. The summed E-state index contributed by atoms with van der Waals surface area (Å²) < 4.78 is 10.4. The minimum Gasteiger partial charge on any atom is -0.481 e. The number of hydrogen-bond acceptors (Lipinski definition) is 7. The lowest BCUT2D eigenvalue weighted by atomic mass is 9.56. The van der Waals surface area contributed by atoms with Crippen molar-refractivity contribution in [1.29, 1.82) is 0 Å². The van der Waals surface area contributed by atoms with Crippen molar-refractivity contribution in [3.8, 4) is 0 Å². The maximum Gasteiger partial charge on any atom is 0.338 e. The minimum absolute atomic E-state index is 0.0812. The molecule has 220 valence electrons. The number of benzene rings is 3. The Labute approximate surface area is 250 Å². The first-order valence-corrected chi connectivity index (χ1v) is 13.7. The zero-order valence-corrected chi connectivity index (χ0v) is 24.0. The number of carbonyl (C=O) groups excluding carboxylic acids is 3. The third-order valence-corrected chi connectivity index (χ3v) is 8.23. The highest BCUT2D eigenvalue weighted by Gasteiger charge is 2.64. The minimum atomic E-state index is -1.61. The molecule has 0 bridgehead atoms. The Morgan fingerprint density at radius 3 is 2.07 bits per heavy atom. The van der Waals surface area contributed by atoms with Gasteiger partial charge in [-0.05, 0) is 47.5 Å². The summed E-state index contributed by atoms with van der Waals surface area (Å²) in [4.78, 5) is 62.6. The van der Waals surface area contributed by atoms with Gasteiger partial charge >= 0.3 is 23.9 Å². The second-order valence-corrected chi connectivity index (χ2v) is 10.9. The van der Waals surface area contributed by atoms with Gasteiger partial charge in [-0.15, -0.1) is 0 Å². The van der Waals surface area contributed by atoms with E-state index in [-0.39, 0.29) is 17.0 Å². The van der Waals surface area contributed by atoms with Crippen LogP contribution in [-0.2, 0) is 35.1 Å². The number of rotatable bonds is 10. The van der Waals surface area contributed by atoms with Crippen LogP contribution < -0.4 is 5.32 Å². The van der Waals surface area contributed by atoms with Crippen LogP contribution in [0.2, 0.25) is 10.0 Å². The van der Waals surface area contributed by atoms with E-state index < -0.39 is 65.6 Å². The van der Waals surface area contributed by atoms with E-state index in [1.54, 1.807) is 36.4 Å². The van der Waals surface area contributed by atoms with Crippen LogP contribution in [-0.4, -0.2) is 59.3 Å². The predicted octanol–water partition coefficient (Wildman–Crippen LogP) is 4.24. The number of hydrogen-bond donors (Lipinski definition) is 3. The van der Waals surface area contributed by atoms with Crippen LogP contribution in [0, 0.1) is 23.7 Å². The molecular formula is C30H27Cl2NO9. The molecule has 42 heavy (non-hydrogen) atoms. The molecule has 0 radical (unpaired) electrons. The van der Waals surface area contributed by atoms with E-state index in [1.165, 1.54) is 6.92 Å². The number of fused-ring (bicyclic) bond motifs is 1. The Balaban J connectivity index is 1.59. The maximum absolute atomic E-state index is 13.3. The molecule has 0 aliphatic heterocycles. The van der Waals surface area contributed by atoms with Crippen molar-refractivity contribution < 1.29 is 43.7 Å². The van der Waals surface area contributed by atoms with Gasteiger partial charge in [-0.3, -0.25) is 19.2 Å². The summed E-state index contributed by atoms with van der Waals surface area (Å²) in [6.45, 7) is 1.54. The summed E-state index contributed by atoms with van der Waals surface area (Å²) in [5, 5.41) is 24.3. The van der Waals surface area contributed by atoms with Gasteiger partial charge in [-0.1, -0.05) is 59.6 Å². The van der Waals surface area contributed by atoms with Gasteiger partial charge in [0.2, 0.25) is 5.91 Å². The number of carboxylic acids is 2.